The Morgan fingerprint density at radius 1 is 1.18 bits per heavy atom. The highest BCUT2D eigenvalue weighted by Gasteiger charge is 2.04. The number of hydrogen-bond donors (Lipinski definition) is 1. The van der Waals surface area contributed by atoms with Crippen molar-refractivity contribution in [2.75, 3.05) is 6.54 Å². The van der Waals surface area contributed by atoms with Gasteiger partial charge in [0.15, 0.2) is 0 Å². The van der Waals surface area contributed by atoms with Gasteiger partial charge in [-0.3, -0.25) is 9.78 Å². The molecule has 0 atom stereocenters. The largest absolute Gasteiger partial charge is 0.351 e. The molecule has 94 valence electrons. The van der Waals surface area contributed by atoms with Crippen LogP contribution in [0.4, 0.5) is 0 Å². The SMILES string of the molecule is CCCCCCCCNC(=O)c1cnccn1. The molecule has 17 heavy (non-hydrogen) atoms. The van der Waals surface area contributed by atoms with Crippen molar-refractivity contribution in [3.8, 4) is 0 Å². The van der Waals surface area contributed by atoms with Crippen LogP contribution in [0.3, 0.4) is 0 Å². The summed E-state index contributed by atoms with van der Waals surface area (Å²) in [6.45, 7) is 2.93. The van der Waals surface area contributed by atoms with E-state index in [9.17, 15) is 4.79 Å². The van der Waals surface area contributed by atoms with Gasteiger partial charge in [0.2, 0.25) is 0 Å². The minimum Gasteiger partial charge on any atom is -0.351 e. The monoisotopic (exact) mass is 235 g/mol. The van der Waals surface area contributed by atoms with Gasteiger partial charge in [0.1, 0.15) is 5.69 Å². The van der Waals surface area contributed by atoms with Crippen LogP contribution in [0.5, 0.6) is 0 Å². The lowest BCUT2D eigenvalue weighted by Gasteiger charge is -2.04. The van der Waals surface area contributed by atoms with Crippen LogP contribution in [0.15, 0.2) is 18.6 Å². The first-order valence-electron chi connectivity index (χ1n) is 6.38. The molecule has 0 bridgehead atoms. The zero-order valence-corrected chi connectivity index (χ0v) is 10.5. The fraction of sp³-hybridized carbons (Fsp3) is 0.615. The summed E-state index contributed by atoms with van der Waals surface area (Å²) in [7, 11) is 0. The Kier molecular flexibility index (Phi) is 6.95. The molecule has 0 unspecified atom stereocenters. The smallest absolute Gasteiger partial charge is 0.271 e. The van der Waals surface area contributed by atoms with Crippen LogP contribution in [0.1, 0.15) is 55.9 Å². The molecule has 0 aliphatic rings. The van der Waals surface area contributed by atoms with Crippen molar-refractivity contribution >= 4 is 5.91 Å². The molecule has 4 nitrogen and oxygen atoms in total. The predicted octanol–water partition coefficient (Wildman–Crippen LogP) is 2.57. The normalized spacial score (nSPS) is 10.2. The Morgan fingerprint density at radius 2 is 1.94 bits per heavy atom. The second-order valence-corrected chi connectivity index (χ2v) is 4.11. The summed E-state index contributed by atoms with van der Waals surface area (Å²) in [5, 5.41) is 2.85. The topological polar surface area (TPSA) is 54.9 Å². The third-order valence-electron chi connectivity index (χ3n) is 2.61. The fourth-order valence-corrected chi connectivity index (χ4v) is 1.61. The van der Waals surface area contributed by atoms with Crippen LogP contribution in [0.2, 0.25) is 0 Å². The number of nitrogens with zero attached hydrogens (tertiary/aromatic N) is 2. The molecule has 0 aliphatic heterocycles. The molecule has 1 amide bonds. The Morgan fingerprint density at radius 3 is 2.65 bits per heavy atom. The molecule has 1 aromatic heterocycles. The zero-order valence-electron chi connectivity index (χ0n) is 10.5. The van der Waals surface area contributed by atoms with E-state index in [4.69, 9.17) is 0 Å². The van der Waals surface area contributed by atoms with Crippen LogP contribution in [-0.4, -0.2) is 22.4 Å². The van der Waals surface area contributed by atoms with Crippen LogP contribution >= 0.6 is 0 Å². The molecule has 0 spiro atoms. The number of amides is 1. The van der Waals surface area contributed by atoms with E-state index in [0.717, 1.165) is 13.0 Å². The highest BCUT2D eigenvalue weighted by Crippen LogP contribution is 2.04. The Hall–Kier alpha value is -1.45. The van der Waals surface area contributed by atoms with Crippen molar-refractivity contribution in [3.63, 3.8) is 0 Å². The molecule has 0 fully saturated rings. The van der Waals surface area contributed by atoms with Crippen LogP contribution in [-0.2, 0) is 0 Å². The summed E-state index contributed by atoms with van der Waals surface area (Å²) in [4.78, 5) is 19.4. The van der Waals surface area contributed by atoms with Crippen molar-refractivity contribution < 1.29 is 4.79 Å². The van der Waals surface area contributed by atoms with Crippen molar-refractivity contribution in [1.82, 2.24) is 15.3 Å². The highest BCUT2D eigenvalue weighted by atomic mass is 16.1. The Bertz CT molecular complexity index is 314. The zero-order chi connectivity index (χ0) is 12.3. The molecule has 1 rings (SSSR count). The predicted molar refractivity (Wildman–Crippen MR) is 67.7 cm³/mol. The number of rotatable bonds is 8. The number of hydrogen-bond acceptors (Lipinski definition) is 3. The maximum atomic E-state index is 11.6. The molecule has 0 saturated carbocycles. The van der Waals surface area contributed by atoms with Crippen LogP contribution < -0.4 is 5.32 Å². The summed E-state index contributed by atoms with van der Waals surface area (Å²) >= 11 is 0. The fourth-order valence-electron chi connectivity index (χ4n) is 1.61. The first-order chi connectivity index (χ1) is 8.34. The van der Waals surface area contributed by atoms with Crippen molar-refractivity contribution in [3.05, 3.63) is 24.3 Å². The average Bonchev–Trinajstić information content (AvgIpc) is 2.38. The van der Waals surface area contributed by atoms with E-state index in [0.29, 0.717) is 5.69 Å². The molecule has 0 aromatic carbocycles. The van der Waals surface area contributed by atoms with Gasteiger partial charge in [-0.15, -0.1) is 0 Å². The number of unbranched alkanes of at least 4 members (excludes halogenated alkanes) is 5. The van der Waals surface area contributed by atoms with Crippen molar-refractivity contribution in [2.24, 2.45) is 0 Å². The Balaban J connectivity index is 2.05. The minimum absolute atomic E-state index is 0.133. The van der Waals surface area contributed by atoms with E-state index in [1.54, 1.807) is 6.20 Å². The number of carbonyl (C=O) groups excluding carboxylic acids is 1. The van der Waals surface area contributed by atoms with Gasteiger partial charge < -0.3 is 5.32 Å². The maximum Gasteiger partial charge on any atom is 0.271 e. The average molecular weight is 235 g/mol. The molecular weight excluding hydrogens is 214 g/mol. The number of carbonyl (C=O) groups is 1. The van der Waals surface area contributed by atoms with Gasteiger partial charge in [0, 0.05) is 18.9 Å². The standard InChI is InChI=1S/C13H21N3O/c1-2-3-4-5-6-7-8-16-13(17)12-11-14-9-10-15-12/h9-11H,2-8H2,1H3,(H,16,17). The summed E-state index contributed by atoms with van der Waals surface area (Å²) in [6, 6.07) is 0. The molecule has 0 aliphatic carbocycles. The molecule has 4 heteroatoms. The second kappa shape index (κ2) is 8.67. The molecule has 0 radical (unpaired) electrons. The summed E-state index contributed by atoms with van der Waals surface area (Å²) in [5.74, 6) is -0.133. The lowest BCUT2D eigenvalue weighted by atomic mass is 10.1. The molecule has 1 N–H and O–H groups in total. The first kappa shape index (κ1) is 13.6. The minimum atomic E-state index is -0.133. The van der Waals surface area contributed by atoms with Gasteiger partial charge >= 0.3 is 0 Å². The Labute approximate surface area is 103 Å². The second-order valence-electron chi connectivity index (χ2n) is 4.11. The van der Waals surface area contributed by atoms with Gasteiger partial charge in [0.25, 0.3) is 5.91 Å². The van der Waals surface area contributed by atoms with Crippen LogP contribution in [0, 0.1) is 0 Å². The molecule has 0 saturated heterocycles. The van der Waals surface area contributed by atoms with Gasteiger partial charge in [0.05, 0.1) is 6.20 Å². The summed E-state index contributed by atoms with van der Waals surface area (Å²) < 4.78 is 0. The number of nitrogens with one attached hydrogen (secondary N) is 1. The van der Waals surface area contributed by atoms with Gasteiger partial charge in [-0.1, -0.05) is 39.0 Å². The van der Waals surface area contributed by atoms with Gasteiger partial charge in [-0.05, 0) is 6.42 Å². The van der Waals surface area contributed by atoms with Crippen molar-refractivity contribution in [1.29, 1.82) is 0 Å². The third-order valence-corrected chi connectivity index (χ3v) is 2.61. The lowest BCUT2D eigenvalue weighted by Crippen LogP contribution is -2.25. The van der Waals surface area contributed by atoms with Crippen molar-refractivity contribution in [2.45, 2.75) is 45.4 Å². The lowest BCUT2D eigenvalue weighted by molar-refractivity contribution is 0.0947. The van der Waals surface area contributed by atoms with Gasteiger partial charge in [-0.25, -0.2) is 4.98 Å². The van der Waals surface area contributed by atoms with Gasteiger partial charge in [-0.2, -0.15) is 0 Å². The van der Waals surface area contributed by atoms with E-state index in [1.165, 1.54) is 44.5 Å². The van der Waals surface area contributed by atoms with E-state index in [-0.39, 0.29) is 5.91 Å². The quantitative estimate of drug-likeness (QED) is 0.704. The molecule has 1 aromatic rings. The van der Waals surface area contributed by atoms with Crippen LogP contribution in [0.25, 0.3) is 0 Å². The van der Waals surface area contributed by atoms with E-state index in [2.05, 4.69) is 22.2 Å². The molecule has 1 heterocycles. The highest BCUT2D eigenvalue weighted by molar-refractivity contribution is 5.91. The number of aromatic nitrogens is 2. The third kappa shape index (κ3) is 6.00. The maximum absolute atomic E-state index is 11.6. The van der Waals surface area contributed by atoms with E-state index in [1.807, 2.05) is 0 Å². The first-order valence-corrected chi connectivity index (χ1v) is 6.38. The summed E-state index contributed by atoms with van der Waals surface area (Å²) in [5.41, 5.74) is 0.387. The van der Waals surface area contributed by atoms with E-state index < -0.39 is 0 Å². The summed E-state index contributed by atoms with van der Waals surface area (Å²) in [6.07, 6.45) is 11.9. The van der Waals surface area contributed by atoms with E-state index >= 15 is 0 Å². The molecular formula is C13H21N3O.